The highest BCUT2D eigenvalue weighted by atomic mass is 16.5. The van der Waals surface area contributed by atoms with Crippen molar-refractivity contribution in [3.05, 3.63) is 59.4 Å². The number of unbranched alkanes of at least 4 members (excludes halogenated alkanes) is 2. The summed E-state index contributed by atoms with van der Waals surface area (Å²) in [6, 6.07) is 13.5. The second kappa shape index (κ2) is 14.6. The number of methoxy groups -OCH3 is 1. The van der Waals surface area contributed by atoms with Crippen LogP contribution in [-0.4, -0.2) is 55.7 Å². The van der Waals surface area contributed by atoms with Crippen molar-refractivity contribution in [2.75, 3.05) is 44.5 Å². The van der Waals surface area contributed by atoms with Crippen molar-refractivity contribution in [1.29, 1.82) is 0 Å². The van der Waals surface area contributed by atoms with E-state index in [2.05, 4.69) is 37.5 Å². The molecule has 0 bridgehead atoms. The Morgan fingerprint density at radius 3 is 2.49 bits per heavy atom. The molecule has 0 fully saturated rings. The van der Waals surface area contributed by atoms with Crippen molar-refractivity contribution in [3.8, 4) is 0 Å². The fraction of sp³-hybridized carbons (Fsp3) is 0.484. The Kier molecular flexibility index (Phi) is 11.2. The van der Waals surface area contributed by atoms with Crippen molar-refractivity contribution < 1.29 is 23.8 Å². The molecular formula is C31H43N3O5. The van der Waals surface area contributed by atoms with Crippen LogP contribution in [0.1, 0.15) is 73.7 Å². The number of nitrogens with one attached hydrogen (secondary N) is 2. The van der Waals surface area contributed by atoms with E-state index < -0.39 is 5.97 Å². The van der Waals surface area contributed by atoms with Crippen molar-refractivity contribution in [2.45, 2.75) is 58.9 Å². The number of benzene rings is 2. The lowest BCUT2D eigenvalue weighted by Crippen LogP contribution is -2.29. The third kappa shape index (κ3) is 8.23. The summed E-state index contributed by atoms with van der Waals surface area (Å²) >= 11 is 0. The number of hydrogen-bond donors (Lipinski definition) is 3. The van der Waals surface area contributed by atoms with Crippen molar-refractivity contribution in [1.82, 2.24) is 4.90 Å². The van der Waals surface area contributed by atoms with Gasteiger partial charge in [0, 0.05) is 55.1 Å². The van der Waals surface area contributed by atoms with Gasteiger partial charge in [0.15, 0.2) is 0 Å². The minimum absolute atomic E-state index is 0.0426. The smallest absolute Gasteiger partial charge is 0.305 e. The summed E-state index contributed by atoms with van der Waals surface area (Å²) in [6.45, 7) is 8.12. The van der Waals surface area contributed by atoms with E-state index in [0.29, 0.717) is 18.1 Å². The highest BCUT2D eigenvalue weighted by molar-refractivity contribution is 5.94. The molecule has 212 valence electrons. The van der Waals surface area contributed by atoms with Gasteiger partial charge in [0.25, 0.3) is 5.91 Å². The number of carbonyl (C=O) groups excluding carboxylic acids is 1. The predicted molar refractivity (Wildman–Crippen MR) is 157 cm³/mol. The zero-order valence-electron chi connectivity index (χ0n) is 23.9. The average molecular weight is 538 g/mol. The summed E-state index contributed by atoms with van der Waals surface area (Å²) in [5.74, 6) is 0.123. The van der Waals surface area contributed by atoms with Gasteiger partial charge in [-0.05, 0) is 61.7 Å². The largest absolute Gasteiger partial charge is 0.481 e. The number of anilines is 2. The Bertz CT molecular complexity index is 1220. The summed E-state index contributed by atoms with van der Waals surface area (Å²) in [5, 5.41) is 17.1. The minimum atomic E-state index is -0.923. The first kappa shape index (κ1) is 30.0. The molecule has 0 saturated heterocycles. The maximum absolute atomic E-state index is 12.7. The van der Waals surface area contributed by atoms with E-state index in [-0.39, 0.29) is 24.9 Å². The normalized spacial score (nSPS) is 12.7. The minimum Gasteiger partial charge on any atom is -0.481 e. The summed E-state index contributed by atoms with van der Waals surface area (Å²) in [4.78, 5) is 25.0. The molecule has 2 aromatic carbocycles. The van der Waals surface area contributed by atoms with Crippen LogP contribution in [-0.2, 0) is 9.53 Å². The molecule has 0 aliphatic carbocycles. The van der Waals surface area contributed by atoms with Crippen LogP contribution in [0.5, 0.6) is 0 Å². The molecule has 0 spiro atoms. The Morgan fingerprint density at radius 2 is 1.82 bits per heavy atom. The van der Waals surface area contributed by atoms with Gasteiger partial charge < -0.3 is 29.8 Å². The van der Waals surface area contributed by atoms with Crippen LogP contribution in [0.2, 0.25) is 0 Å². The molecule has 3 aromatic rings. The van der Waals surface area contributed by atoms with Crippen LogP contribution in [0.3, 0.4) is 0 Å². The number of aliphatic carboxylic acids is 1. The molecule has 8 heteroatoms. The second-order valence-electron chi connectivity index (χ2n) is 10.3. The van der Waals surface area contributed by atoms with Gasteiger partial charge in [-0.1, -0.05) is 33.1 Å². The molecule has 39 heavy (non-hydrogen) atoms. The standard InChI is InChI=1S/C31H43N3O5/c1-6-7-8-9-21(2)29(30-22(3)26-20-25(32-17-19-38-5)14-15-27(26)39-30)33-24-12-10-23(11-13-24)31(37)34(4)18-16-28(35)36/h10-15,20-21,29,32-33H,6-9,16-19H2,1-5H3,(H,35,36). The van der Waals surface area contributed by atoms with E-state index in [1.54, 1.807) is 26.3 Å². The molecule has 3 N–H and O–H groups in total. The number of ether oxygens (including phenoxy) is 1. The van der Waals surface area contributed by atoms with E-state index in [4.69, 9.17) is 14.3 Å². The van der Waals surface area contributed by atoms with Gasteiger partial charge in [-0.25, -0.2) is 0 Å². The van der Waals surface area contributed by atoms with E-state index in [1.165, 1.54) is 17.7 Å². The number of carbonyl (C=O) groups is 2. The lowest BCUT2D eigenvalue weighted by atomic mass is 9.91. The number of nitrogens with zero attached hydrogens (tertiary/aromatic N) is 1. The zero-order valence-corrected chi connectivity index (χ0v) is 23.9. The van der Waals surface area contributed by atoms with Crippen LogP contribution >= 0.6 is 0 Å². The fourth-order valence-corrected chi connectivity index (χ4v) is 4.77. The highest BCUT2D eigenvalue weighted by Gasteiger charge is 2.26. The third-order valence-electron chi connectivity index (χ3n) is 7.18. The maximum Gasteiger partial charge on any atom is 0.305 e. The van der Waals surface area contributed by atoms with Gasteiger partial charge in [-0.15, -0.1) is 0 Å². The van der Waals surface area contributed by atoms with Gasteiger partial charge in [-0.3, -0.25) is 9.59 Å². The van der Waals surface area contributed by atoms with Gasteiger partial charge in [-0.2, -0.15) is 0 Å². The molecule has 8 nitrogen and oxygen atoms in total. The monoisotopic (exact) mass is 537 g/mol. The Hall–Kier alpha value is -3.52. The molecule has 3 rings (SSSR count). The molecule has 2 unspecified atom stereocenters. The van der Waals surface area contributed by atoms with Crippen molar-refractivity contribution >= 4 is 34.2 Å². The number of hydrogen-bond acceptors (Lipinski definition) is 6. The van der Waals surface area contributed by atoms with Crippen LogP contribution in [0.25, 0.3) is 11.0 Å². The van der Waals surface area contributed by atoms with Crippen LogP contribution in [0.15, 0.2) is 46.9 Å². The molecule has 2 atom stereocenters. The summed E-state index contributed by atoms with van der Waals surface area (Å²) < 4.78 is 11.6. The molecule has 0 aliphatic heterocycles. The Balaban J connectivity index is 1.84. The number of carboxylic acid groups (broad SMARTS) is 1. The molecular weight excluding hydrogens is 494 g/mol. The number of carboxylic acids is 1. The second-order valence-corrected chi connectivity index (χ2v) is 10.3. The molecule has 1 aromatic heterocycles. The number of aryl methyl sites for hydroxylation is 1. The number of rotatable bonds is 16. The lowest BCUT2D eigenvalue weighted by molar-refractivity contribution is -0.137. The van der Waals surface area contributed by atoms with Gasteiger partial charge in [0.2, 0.25) is 0 Å². The summed E-state index contributed by atoms with van der Waals surface area (Å²) in [6.07, 6.45) is 4.50. The third-order valence-corrected chi connectivity index (χ3v) is 7.18. The van der Waals surface area contributed by atoms with Gasteiger partial charge in [0.1, 0.15) is 11.3 Å². The maximum atomic E-state index is 12.7. The molecule has 0 aliphatic rings. The van der Waals surface area contributed by atoms with Gasteiger partial charge in [0.05, 0.1) is 19.1 Å². The SMILES string of the molecule is CCCCCC(C)C(Nc1ccc(C(=O)N(C)CCC(=O)O)cc1)c1oc2ccc(NCCOC)cc2c1C. The topological polar surface area (TPSA) is 104 Å². The van der Waals surface area contributed by atoms with Crippen LogP contribution < -0.4 is 10.6 Å². The Morgan fingerprint density at radius 1 is 1.10 bits per heavy atom. The first-order valence-corrected chi connectivity index (χ1v) is 13.8. The van der Waals surface area contributed by atoms with Crippen molar-refractivity contribution in [3.63, 3.8) is 0 Å². The molecule has 1 amide bonds. The molecule has 0 radical (unpaired) electrons. The molecule has 0 saturated carbocycles. The zero-order chi connectivity index (χ0) is 28.4. The fourth-order valence-electron chi connectivity index (χ4n) is 4.77. The quantitative estimate of drug-likeness (QED) is 0.174. The summed E-state index contributed by atoms with van der Waals surface area (Å²) in [5.41, 5.74) is 4.43. The molecule has 1 heterocycles. The van der Waals surface area contributed by atoms with E-state index in [1.807, 2.05) is 24.3 Å². The lowest BCUT2D eigenvalue weighted by Gasteiger charge is -2.25. The number of furan rings is 1. The first-order chi connectivity index (χ1) is 18.7. The Labute approximate surface area is 231 Å². The van der Waals surface area contributed by atoms with Crippen LogP contribution in [0.4, 0.5) is 11.4 Å². The van der Waals surface area contributed by atoms with E-state index in [9.17, 15) is 9.59 Å². The highest BCUT2D eigenvalue weighted by Crippen LogP contribution is 2.37. The number of amides is 1. The summed E-state index contributed by atoms with van der Waals surface area (Å²) in [7, 11) is 3.31. The first-order valence-electron chi connectivity index (χ1n) is 13.8. The predicted octanol–water partition coefficient (Wildman–Crippen LogP) is 6.72. The van der Waals surface area contributed by atoms with Gasteiger partial charge >= 0.3 is 5.97 Å². The average Bonchev–Trinajstić information content (AvgIpc) is 3.25. The van der Waals surface area contributed by atoms with Crippen LogP contribution in [0, 0.1) is 12.8 Å². The van der Waals surface area contributed by atoms with Crippen molar-refractivity contribution in [2.24, 2.45) is 5.92 Å². The van der Waals surface area contributed by atoms with E-state index in [0.717, 1.165) is 53.1 Å². The number of fused-ring (bicyclic) bond motifs is 1. The van der Waals surface area contributed by atoms with E-state index >= 15 is 0 Å².